The Balaban J connectivity index is 1.92. The summed E-state index contributed by atoms with van der Waals surface area (Å²) in [6.45, 7) is 0. The molecule has 11 heteroatoms. The SMILES string of the molecule is Cn1nc(C(F)(F)F)cc1-c1cc(F)c(NC(=O)c2ccc(Cl)cc2)nc1N. The zero-order valence-electron chi connectivity index (χ0n) is 14.2. The number of halogens is 5. The molecule has 3 rings (SSSR count). The second-order valence-electron chi connectivity index (χ2n) is 5.75. The van der Waals surface area contributed by atoms with Crippen LogP contribution in [0.2, 0.25) is 5.02 Å². The molecule has 0 saturated heterocycles. The van der Waals surface area contributed by atoms with E-state index in [1.165, 1.54) is 31.3 Å². The molecule has 2 heterocycles. The second-order valence-corrected chi connectivity index (χ2v) is 6.19. The molecule has 6 nitrogen and oxygen atoms in total. The summed E-state index contributed by atoms with van der Waals surface area (Å²) in [7, 11) is 1.26. The Kier molecular flexibility index (Phi) is 4.99. The predicted molar refractivity (Wildman–Crippen MR) is 95.2 cm³/mol. The Labute approximate surface area is 160 Å². The van der Waals surface area contributed by atoms with Crippen molar-refractivity contribution in [3.8, 4) is 11.3 Å². The third-order valence-corrected chi connectivity index (χ3v) is 4.04. The van der Waals surface area contributed by atoms with Crippen molar-refractivity contribution in [3.05, 3.63) is 58.5 Å². The number of benzene rings is 1. The van der Waals surface area contributed by atoms with Crippen LogP contribution in [0.1, 0.15) is 16.1 Å². The van der Waals surface area contributed by atoms with Crippen LogP contribution in [0.3, 0.4) is 0 Å². The Morgan fingerprint density at radius 3 is 2.43 bits per heavy atom. The van der Waals surface area contributed by atoms with Gasteiger partial charge < -0.3 is 11.1 Å². The molecule has 0 radical (unpaired) electrons. The van der Waals surface area contributed by atoms with Gasteiger partial charge >= 0.3 is 6.18 Å². The molecule has 0 fully saturated rings. The van der Waals surface area contributed by atoms with E-state index in [1.54, 1.807) is 0 Å². The first-order chi connectivity index (χ1) is 13.1. The number of rotatable bonds is 3. The maximum absolute atomic E-state index is 14.4. The maximum Gasteiger partial charge on any atom is 0.435 e. The van der Waals surface area contributed by atoms with Gasteiger partial charge in [-0.2, -0.15) is 18.3 Å². The fraction of sp³-hybridized carbons (Fsp3) is 0.118. The van der Waals surface area contributed by atoms with E-state index >= 15 is 0 Å². The third-order valence-electron chi connectivity index (χ3n) is 3.79. The first kappa shape index (κ1) is 19.6. The van der Waals surface area contributed by atoms with Crippen LogP contribution >= 0.6 is 11.6 Å². The number of hydrogen-bond donors (Lipinski definition) is 2. The lowest BCUT2D eigenvalue weighted by atomic mass is 10.1. The lowest BCUT2D eigenvalue weighted by Gasteiger charge is -2.10. The van der Waals surface area contributed by atoms with Crippen molar-refractivity contribution >= 4 is 29.1 Å². The summed E-state index contributed by atoms with van der Waals surface area (Å²) in [5, 5.41) is 6.03. The molecule has 3 aromatic rings. The molecule has 3 N–H and O–H groups in total. The van der Waals surface area contributed by atoms with Crippen LogP contribution in [-0.2, 0) is 13.2 Å². The van der Waals surface area contributed by atoms with Crippen LogP contribution in [0.15, 0.2) is 36.4 Å². The van der Waals surface area contributed by atoms with Gasteiger partial charge in [0.15, 0.2) is 17.3 Å². The third kappa shape index (κ3) is 3.91. The Morgan fingerprint density at radius 1 is 1.21 bits per heavy atom. The molecule has 0 unspecified atom stereocenters. The molecular formula is C17H12ClF4N5O. The number of aromatic nitrogens is 3. The Hall–Kier alpha value is -3.14. The molecule has 0 bridgehead atoms. The average molecular weight is 414 g/mol. The van der Waals surface area contributed by atoms with Crippen LogP contribution in [0.25, 0.3) is 11.3 Å². The van der Waals surface area contributed by atoms with Gasteiger partial charge in [0.2, 0.25) is 0 Å². The summed E-state index contributed by atoms with van der Waals surface area (Å²) in [4.78, 5) is 15.9. The molecule has 1 aromatic carbocycles. The number of amides is 1. The first-order valence-electron chi connectivity index (χ1n) is 7.71. The number of carbonyl (C=O) groups is 1. The van der Waals surface area contributed by atoms with Gasteiger partial charge in [-0.3, -0.25) is 9.48 Å². The van der Waals surface area contributed by atoms with E-state index in [-0.39, 0.29) is 22.6 Å². The number of nitrogens with two attached hydrogens (primary N) is 1. The molecule has 0 aliphatic rings. The van der Waals surface area contributed by atoms with Gasteiger partial charge in [0.25, 0.3) is 5.91 Å². The van der Waals surface area contributed by atoms with E-state index in [0.29, 0.717) is 5.02 Å². The van der Waals surface area contributed by atoms with E-state index in [0.717, 1.165) is 16.8 Å². The number of nitrogens with zero attached hydrogens (tertiary/aromatic N) is 3. The molecule has 0 spiro atoms. The van der Waals surface area contributed by atoms with Crippen molar-refractivity contribution in [2.75, 3.05) is 11.1 Å². The topological polar surface area (TPSA) is 85.8 Å². The number of nitrogens with one attached hydrogen (secondary N) is 1. The summed E-state index contributed by atoms with van der Waals surface area (Å²) in [6, 6.07) is 7.45. The quantitative estimate of drug-likeness (QED) is 0.632. The van der Waals surface area contributed by atoms with Crippen molar-refractivity contribution in [1.29, 1.82) is 0 Å². The highest BCUT2D eigenvalue weighted by Crippen LogP contribution is 2.34. The summed E-state index contributed by atoms with van der Waals surface area (Å²) >= 11 is 5.74. The predicted octanol–water partition coefficient (Wildman–Crippen LogP) is 4.13. The minimum Gasteiger partial charge on any atom is -0.383 e. The molecule has 2 aromatic heterocycles. The van der Waals surface area contributed by atoms with Crippen molar-refractivity contribution < 1.29 is 22.4 Å². The van der Waals surface area contributed by atoms with Crippen molar-refractivity contribution in [1.82, 2.24) is 14.8 Å². The molecule has 146 valence electrons. The van der Waals surface area contributed by atoms with E-state index in [1.807, 2.05) is 0 Å². The maximum atomic E-state index is 14.4. The van der Waals surface area contributed by atoms with Gasteiger partial charge in [0, 0.05) is 23.2 Å². The van der Waals surface area contributed by atoms with Gasteiger partial charge in [0.1, 0.15) is 5.82 Å². The number of pyridine rings is 1. The molecule has 0 aliphatic heterocycles. The zero-order chi connectivity index (χ0) is 20.6. The van der Waals surface area contributed by atoms with E-state index in [2.05, 4.69) is 15.4 Å². The highest BCUT2D eigenvalue weighted by Gasteiger charge is 2.35. The number of aryl methyl sites for hydroxylation is 1. The zero-order valence-corrected chi connectivity index (χ0v) is 14.9. The minimum absolute atomic E-state index is 0.0770. The van der Waals surface area contributed by atoms with Gasteiger partial charge in [-0.15, -0.1) is 0 Å². The number of carbonyl (C=O) groups excluding carboxylic acids is 1. The lowest BCUT2D eigenvalue weighted by Crippen LogP contribution is -2.15. The molecule has 0 saturated carbocycles. The van der Waals surface area contributed by atoms with Crippen LogP contribution < -0.4 is 11.1 Å². The number of alkyl halides is 3. The van der Waals surface area contributed by atoms with Crippen molar-refractivity contribution in [2.24, 2.45) is 7.05 Å². The van der Waals surface area contributed by atoms with Gasteiger partial charge in [-0.25, -0.2) is 9.37 Å². The van der Waals surface area contributed by atoms with Crippen LogP contribution in [0.4, 0.5) is 29.2 Å². The monoisotopic (exact) mass is 413 g/mol. The van der Waals surface area contributed by atoms with Crippen LogP contribution in [0.5, 0.6) is 0 Å². The van der Waals surface area contributed by atoms with Gasteiger partial charge in [-0.1, -0.05) is 11.6 Å². The number of anilines is 2. The second kappa shape index (κ2) is 7.12. The average Bonchev–Trinajstić information content (AvgIpc) is 3.00. The Morgan fingerprint density at radius 2 is 1.86 bits per heavy atom. The fourth-order valence-corrected chi connectivity index (χ4v) is 2.56. The standard InChI is InChI=1S/C17H12ClF4N5O/c1-27-12(7-13(26-27)17(20,21)22)10-6-11(19)15(24-14(10)23)25-16(28)8-2-4-9(18)5-3-8/h2-7H,1H3,(H3,23,24,25,28). The largest absolute Gasteiger partial charge is 0.435 e. The van der Waals surface area contributed by atoms with Crippen molar-refractivity contribution in [3.63, 3.8) is 0 Å². The summed E-state index contributed by atoms with van der Waals surface area (Å²) in [5.41, 5.74) is 4.66. The lowest BCUT2D eigenvalue weighted by molar-refractivity contribution is -0.141. The summed E-state index contributed by atoms with van der Waals surface area (Å²) in [5.74, 6) is -2.36. The smallest absolute Gasteiger partial charge is 0.383 e. The van der Waals surface area contributed by atoms with Crippen LogP contribution in [0, 0.1) is 5.82 Å². The van der Waals surface area contributed by atoms with E-state index in [9.17, 15) is 22.4 Å². The first-order valence-corrected chi connectivity index (χ1v) is 8.08. The summed E-state index contributed by atoms with van der Waals surface area (Å²) < 4.78 is 53.8. The molecule has 0 atom stereocenters. The minimum atomic E-state index is -4.66. The number of nitrogen functional groups attached to an aromatic ring is 1. The highest BCUT2D eigenvalue weighted by atomic mass is 35.5. The molecule has 1 amide bonds. The molecule has 0 aliphatic carbocycles. The van der Waals surface area contributed by atoms with Crippen LogP contribution in [-0.4, -0.2) is 20.7 Å². The van der Waals surface area contributed by atoms with E-state index in [4.69, 9.17) is 17.3 Å². The Bertz CT molecular complexity index is 1050. The molecular weight excluding hydrogens is 402 g/mol. The van der Waals surface area contributed by atoms with Gasteiger partial charge in [0.05, 0.1) is 5.69 Å². The molecule has 28 heavy (non-hydrogen) atoms. The fourth-order valence-electron chi connectivity index (χ4n) is 2.43. The van der Waals surface area contributed by atoms with Crippen molar-refractivity contribution in [2.45, 2.75) is 6.18 Å². The highest BCUT2D eigenvalue weighted by molar-refractivity contribution is 6.30. The number of hydrogen-bond acceptors (Lipinski definition) is 4. The summed E-state index contributed by atoms with van der Waals surface area (Å²) in [6.07, 6.45) is -4.66. The van der Waals surface area contributed by atoms with Gasteiger partial charge in [-0.05, 0) is 36.4 Å². The van der Waals surface area contributed by atoms with E-state index < -0.39 is 29.4 Å². The normalized spacial score (nSPS) is 11.5.